The number of nitrogens with two attached hydrogens (primary N) is 1. The van der Waals surface area contributed by atoms with Crippen LogP contribution in [-0.4, -0.2) is 40.7 Å². The van der Waals surface area contributed by atoms with E-state index in [2.05, 4.69) is 15.6 Å². The van der Waals surface area contributed by atoms with E-state index in [1.54, 1.807) is 52.2 Å². The van der Waals surface area contributed by atoms with E-state index in [-0.39, 0.29) is 0 Å². The summed E-state index contributed by atoms with van der Waals surface area (Å²) in [6.07, 6.45) is -0.424. The minimum atomic E-state index is -2.09. The lowest BCUT2D eigenvalue weighted by atomic mass is 10.1. The summed E-state index contributed by atoms with van der Waals surface area (Å²) in [5, 5.41) is 4.92. The molecule has 4 N–H and O–H groups in total. The summed E-state index contributed by atoms with van der Waals surface area (Å²) in [5.74, 6) is -1.88. The molecule has 0 aromatic carbocycles. The van der Waals surface area contributed by atoms with Crippen LogP contribution in [-0.2, 0) is 14.3 Å². The molecule has 0 saturated carbocycles. The Morgan fingerprint density at radius 3 is 2.46 bits per heavy atom. The van der Waals surface area contributed by atoms with E-state index in [4.69, 9.17) is 10.5 Å². The molecular formula is C17H25FN4O4. The van der Waals surface area contributed by atoms with Gasteiger partial charge in [-0.15, -0.1) is 0 Å². The maximum absolute atomic E-state index is 13.7. The lowest BCUT2D eigenvalue weighted by molar-refractivity contribution is -0.126. The Morgan fingerprint density at radius 2 is 1.96 bits per heavy atom. The van der Waals surface area contributed by atoms with Crippen LogP contribution in [0.5, 0.6) is 0 Å². The maximum Gasteiger partial charge on any atom is 0.408 e. The van der Waals surface area contributed by atoms with E-state index in [0.29, 0.717) is 0 Å². The van der Waals surface area contributed by atoms with Gasteiger partial charge in [0.05, 0.1) is 6.04 Å². The molecule has 1 heterocycles. The second-order valence-electron chi connectivity index (χ2n) is 6.82. The van der Waals surface area contributed by atoms with Crippen LogP contribution in [0, 0.1) is 0 Å². The molecule has 1 aromatic rings. The van der Waals surface area contributed by atoms with Crippen molar-refractivity contribution in [2.75, 3.05) is 0 Å². The number of primary amides is 1. The number of pyridine rings is 1. The third kappa shape index (κ3) is 7.45. The summed E-state index contributed by atoms with van der Waals surface area (Å²) >= 11 is 0. The highest BCUT2D eigenvalue weighted by molar-refractivity contribution is 5.87. The van der Waals surface area contributed by atoms with Crippen molar-refractivity contribution in [2.45, 2.75) is 58.0 Å². The minimum Gasteiger partial charge on any atom is -0.444 e. The smallest absolute Gasteiger partial charge is 0.408 e. The molecule has 0 saturated heterocycles. The van der Waals surface area contributed by atoms with Crippen LogP contribution in [0.3, 0.4) is 0 Å². The first-order valence-corrected chi connectivity index (χ1v) is 8.13. The van der Waals surface area contributed by atoms with Crippen LogP contribution < -0.4 is 16.4 Å². The van der Waals surface area contributed by atoms with Gasteiger partial charge in [0.15, 0.2) is 6.17 Å². The number of ether oxygens (including phenoxy) is 1. The largest absolute Gasteiger partial charge is 0.444 e. The monoisotopic (exact) mass is 368 g/mol. The molecule has 1 rings (SSSR count). The van der Waals surface area contributed by atoms with Gasteiger partial charge in [0.2, 0.25) is 5.91 Å². The molecule has 3 atom stereocenters. The third-order valence-corrected chi connectivity index (χ3v) is 3.30. The number of alkyl halides is 1. The molecule has 0 bridgehead atoms. The Labute approximate surface area is 151 Å². The highest BCUT2D eigenvalue weighted by Crippen LogP contribution is 2.12. The highest BCUT2D eigenvalue weighted by Gasteiger charge is 2.30. The minimum absolute atomic E-state index is 0.439. The fourth-order valence-corrected chi connectivity index (χ4v) is 2.03. The lowest BCUT2D eigenvalue weighted by Gasteiger charge is -2.25. The number of aromatic nitrogens is 1. The molecule has 8 nitrogen and oxygen atoms in total. The molecule has 144 valence electrons. The number of rotatable bonds is 7. The van der Waals surface area contributed by atoms with Crippen molar-refractivity contribution < 1.29 is 23.5 Å². The third-order valence-electron chi connectivity index (χ3n) is 3.30. The number of nitrogens with one attached hydrogen (secondary N) is 2. The first kappa shape index (κ1) is 21.3. The zero-order chi connectivity index (χ0) is 19.9. The van der Waals surface area contributed by atoms with Crippen LogP contribution in [0.4, 0.5) is 9.18 Å². The van der Waals surface area contributed by atoms with E-state index >= 15 is 0 Å². The first-order valence-electron chi connectivity index (χ1n) is 8.13. The summed E-state index contributed by atoms with van der Waals surface area (Å²) in [7, 11) is 0. The van der Waals surface area contributed by atoms with Crippen LogP contribution in [0.1, 0.15) is 45.7 Å². The molecule has 0 spiro atoms. The van der Waals surface area contributed by atoms with Crippen molar-refractivity contribution in [3.8, 4) is 0 Å². The van der Waals surface area contributed by atoms with Gasteiger partial charge in [-0.3, -0.25) is 14.6 Å². The van der Waals surface area contributed by atoms with Crippen molar-refractivity contribution in [3.05, 3.63) is 30.1 Å². The number of hydrogen-bond donors (Lipinski definition) is 3. The van der Waals surface area contributed by atoms with Crippen LogP contribution in [0.25, 0.3) is 0 Å². The second kappa shape index (κ2) is 9.12. The summed E-state index contributed by atoms with van der Waals surface area (Å²) in [6, 6.07) is 1.70. The number of nitrogens with zero attached hydrogens (tertiary/aromatic N) is 1. The molecule has 9 heteroatoms. The van der Waals surface area contributed by atoms with Crippen LogP contribution >= 0.6 is 0 Å². The van der Waals surface area contributed by atoms with Crippen molar-refractivity contribution in [3.63, 3.8) is 0 Å². The normalized spacial score (nSPS) is 14.7. The van der Waals surface area contributed by atoms with Gasteiger partial charge in [0.1, 0.15) is 11.6 Å². The van der Waals surface area contributed by atoms with Crippen molar-refractivity contribution in [1.29, 1.82) is 0 Å². The van der Waals surface area contributed by atoms with E-state index < -0.39 is 48.2 Å². The zero-order valence-electron chi connectivity index (χ0n) is 15.3. The summed E-state index contributed by atoms with van der Waals surface area (Å²) in [4.78, 5) is 39.3. The van der Waals surface area contributed by atoms with E-state index in [1.165, 1.54) is 0 Å². The predicted octanol–water partition coefficient (Wildman–Crippen LogP) is 1.37. The average molecular weight is 368 g/mol. The Hall–Kier alpha value is -2.71. The van der Waals surface area contributed by atoms with Gasteiger partial charge >= 0.3 is 6.09 Å². The van der Waals surface area contributed by atoms with Crippen molar-refractivity contribution >= 4 is 17.9 Å². The number of alkyl carbamates (subject to hydrolysis) is 1. The summed E-state index contributed by atoms with van der Waals surface area (Å²) < 4.78 is 18.8. The number of amides is 3. The Balaban J connectivity index is 2.83. The maximum atomic E-state index is 13.7. The fraction of sp³-hybridized carbons (Fsp3) is 0.529. The van der Waals surface area contributed by atoms with Gasteiger partial charge < -0.3 is 21.1 Å². The lowest BCUT2D eigenvalue weighted by Crippen LogP contribution is -2.50. The molecule has 1 unspecified atom stereocenters. The molecule has 3 amide bonds. The van der Waals surface area contributed by atoms with E-state index in [9.17, 15) is 18.8 Å². The summed E-state index contributed by atoms with van der Waals surface area (Å²) in [6.45, 7) is 6.65. The van der Waals surface area contributed by atoms with Crippen LogP contribution in [0.15, 0.2) is 24.5 Å². The van der Waals surface area contributed by atoms with Crippen LogP contribution in [0.2, 0.25) is 0 Å². The zero-order valence-corrected chi connectivity index (χ0v) is 15.3. The highest BCUT2D eigenvalue weighted by atomic mass is 19.1. The van der Waals surface area contributed by atoms with Crippen molar-refractivity contribution in [2.24, 2.45) is 5.73 Å². The van der Waals surface area contributed by atoms with Gasteiger partial charge in [0.25, 0.3) is 5.91 Å². The standard InChI is InChI=1S/C17H25FN4O4/c1-10(11-6-5-7-20-9-11)21-15(24)13(8-12(18)14(19)23)22-16(25)26-17(2,3)4/h5-7,9-10,12-13H,8H2,1-4H3,(H2,19,23)(H,21,24)(H,22,25)/t10?,12-,13+/m1/s1. The van der Waals surface area contributed by atoms with Gasteiger partial charge in [0, 0.05) is 18.8 Å². The molecule has 1 aromatic heterocycles. The predicted molar refractivity (Wildman–Crippen MR) is 92.7 cm³/mol. The van der Waals surface area contributed by atoms with Gasteiger partial charge in [-0.25, -0.2) is 9.18 Å². The van der Waals surface area contributed by atoms with Gasteiger partial charge in [-0.2, -0.15) is 0 Å². The topological polar surface area (TPSA) is 123 Å². The number of carbonyl (C=O) groups excluding carboxylic acids is 3. The molecule has 0 aliphatic carbocycles. The van der Waals surface area contributed by atoms with Gasteiger partial charge in [-0.1, -0.05) is 6.07 Å². The Kier molecular flexibility index (Phi) is 7.48. The van der Waals surface area contributed by atoms with E-state index in [1.807, 2.05) is 0 Å². The Bertz CT molecular complexity index is 633. The molecule has 26 heavy (non-hydrogen) atoms. The van der Waals surface area contributed by atoms with Gasteiger partial charge in [-0.05, 0) is 39.3 Å². The van der Waals surface area contributed by atoms with Crippen molar-refractivity contribution in [1.82, 2.24) is 15.6 Å². The second-order valence-corrected chi connectivity index (χ2v) is 6.82. The SMILES string of the molecule is CC(NC(=O)[C@H](C[C@@H](F)C(N)=O)NC(=O)OC(C)(C)C)c1cccnc1. The summed E-state index contributed by atoms with van der Waals surface area (Å²) in [5.41, 5.74) is 4.84. The number of hydrogen-bond acceptors (Lipinski definition) is 5. The molecular weight excluding hydrogens is 343 g/mol. The Morgan fingerprint density at radius 1 is 1.31 bits per heavy atom. The molecule has 0 radical (unpaired) electrons. The average Bonchev–Trinajstić information content (AvgIpc) is 2.52. The fourth-order valence-electron chi connectivity index (χ4n) is 2.03. The number of carbonyl (C=O) groups is 3. The first-order chi connectivity index (χ1) is 12.0. The van der Waals surface area contributed by atoms with E-state index in [0.717, 1.165) is 5.56 Å². The molecule has 0 aliphatic rings. The number of halogens is 1. The molecule has 0 fully saturated rings. The quantitative estimate of drug-likeness (QED) is 0.670. The molecule has 0 aliphatic heterocycles.